The van der Waals surface area contributed by atoms with Crippen LogP contribution >= 0.6 is 23.2 Å². The highest BCUT2D eigenvalue weighted by Gasteiger charge is 2.22. The highest BCUT2D eigenvalue weighted by atomic mass is 35.5. The van der Waals surface area contributed by atoms with Gasteiger partial charge in [-0.1, -0.05) is 61.3 Å². The Labute approximate surface area is 198 Å². The Hall–Kier alpha value is -1.33. The molecule has 0 spiro atoms. The second-order valence-electron chi connectivity index (χ2n) is 7.66. The normalized spacial score (nSPS) is 16.7. The Morgan fingerprint density at radius 2 is 1.87 bits per heavy atom. The first-order valence-electron chi connectivity index (χ1n) is 11.3. The fourth-order valence-corrected chi connectivity index (χ4v) is 4.02. The van der Waals surface area contributed by atoms with Gasteiger partial charge in [-0.3, -0.25) is 4.79 Å². The van der Waals surface area contributed by atoms with E-state index in [4.69, 9.17) is 23.2 Å². The third-order valence-corrected chi connectivity index (χ3v) is 6.25. The van der Waals surface area contributed by atoms with Gasteiger partial charge in [0.1, 0.15) is 0 Å². The Morgan fingerprint density at radius 1 is 1.23 bits per heavy atom. The van der Waals surface area contributed by atoms with Crippen molar-refractivity contribution in [3.05, 3.63) is 57.6 Å². The van der Waals surface area contributed by atoms with Gasteiger partial charge >= 0.3 is 0 Å². The number of aliphatic hydroxyl groups excluding tert-OH is 1. The zero-order valence-corrected chi connectivity index (χ0v) is 21.1. The number of hydrogen-bond donors (Lipinski definition) is 1. The number of allylic oxidation sites excluding steroid dienone is 2. The number of halogens is 2. The van der Waals surface area contributed by atoms with Crippen LogP contribution in [0.1, 0.15) is 58.4 Å². The molecule has 1 aromatic rings. The minimum atomic E-state index is -0.174. The summed E-state index contributed by atoms with van der Waals surface area (Å²) in [6.07, 6.45) is 7.93. The van der Waals surface area contributed by atoms with Crippen molar-refractivity contribution in [1.29, 1.82) is 0 Å². The molecule has 0 radical (unpaired) electrons. The number of carbonyl (C=O) groups excluding carboxylic acids is 1. The van der Waals surface area contributed by atoms with Crippen molar-refractivity contribution >= 4 is 29.1 Å². The largest absolute Gasteiger partial charge is 0.393 e. The van der Waals surface area contributed by atoms with Crippen LogP contribution in [-0.2, 0) is 4.79 Å². The Kier molecular flexibility index (Phi) is 13.1. The molecular weight excluding hydrogens is 431 g/mol. The smallest absolute Gasteiger partial charge is 0.253 e. The monoisotopic (exact) mass is 468 g/mol. The first-order chi connectivity index (χ1) is 14.8. The van der Waals surface area contributed by atoms with Gasteiger partial charge in [-0.15, -0.1) is 0 Å². The predicted molar refractivity (Wildman–Crippen MR) is 133 cm³/mol. The number of benzene rings is 1. The van der Waals surface area contributed by atoms with Crippen LogP contribution in [0.25, 0.3) is 0 Å². The Bertz CT molecular complexity index is 741. The van der Waals surface area contributed by atoms with Gasteiger partial charge in [-0.05, 0) is 57.4 Å². The van der Waals surface area contributed by atoms with Crippen molar-refractivity contribution in [2.75, 3.05) is 33.2 Å². The third-order valence-electron chi connectivity index (χ3n) is 5.51. The highest BCUT2D eigenvalue weighted by molar-refractivity contribution is 6.42. The molecule has 1 aromatic carbocycles. The summed E-state index contributed by atoms with van der Waals surface area (Å²) in [4.78, 5) is 17.0. The molecule has 6 heteroatoms. The average molecular weight is 469 g/mol. The van der Waals surface area contributed by atoms with Gasteiger partial charge in [0.15, 0.2) is 0 Å². The summed E-state index contributed by atoms with van der Waals surface area (Å²) < 4.78 is 0. The van der Waals surface area contributed by atoms with Crippen molar-refractivity contribution in [2.45, 2.75) is 59.0 Å². The van der Waals surface area contributed by atoms with E-state index in [9.17, 15) is 9.90 Å². The second-order valence-corrected chi connectivity index (χ2v) is 8.48. The Morgan fingerprint density at radius 3 is 2.42 bits per heavy atom. The molecule has 0 aliphatic carbocycles. The topological polar surface area (TPSA) is 43.8 Å². The summed E-state index contributed by atoms with van der Waals surface area (Å²) in [5.74, 6) is 0.158. The summed E-state index contributed by atoms with van der Waals surface area (Å²) in [5, 5.41) is 10.8. The van der Waals surface area contributed by atoms with Crippen molar-refractivity contribution in [3.63, 3.8) is 0 Å². The molecule has 1 atom stereocenters. The molecule has 1 aliphatic rings. The van der Waals surface area contributed by atoms with Crippen LogP contribution in [0.2, 0.25) is 10.0 Å². The van der Waals surface area contributed by atoms with Gasteiger partial charge < -0.3 is 14.9 Å². The van der Waals surface area contributed by atoms with Crippen molar-refractivity contribution in [3.8, 4) is 0 Å². The number of rotatable bonds is 8. The number of carbonyl (C=O) groups is 1. The molecule has 31 heavy (non-hydrogen) atoms. The van der Waals surface area contributed by atoms with Gasteiger partial charge in [-0.25, -0.2) is 0 Å². The summed E-state index contributed by atoms with van der Waals surface area (Å²) >= 11 is 12.4. The summed E-state index contributed by atoms with van der Waals surface area (Å²) in [6.45, 7) is 11.1. The lowest BCUT2D eigenvalue weighted by molar-refractivity contribution is -0.125. The molecule has 0 saturated carbocycles. The van der Waals surface area contributed by atoms with E-state index in [1.54, 1.807) is 4.90 Å². The SMILES string of the molecule is C/C=C\C(=C/C)C(=O)N(C)CC(CCN1CCC(O)CC1)c1ccc(Cl)c(Cl)c1.CC. The maximum absolute atomic E-state index is 12.8. The number of likely N-dealkylation sites (N-methyl/N-ethyl adjacent to an activating group) is 1. The summed E-state index contributed by atoms with van der Waals surface area (Å²) in [7, 11) is 1.84. The van der Waals surface area contributed by atoms with Gasteiger partial charge in [0.05, 0.1) is 16.1 Å². The summed E-state index contributed by atoms with van der Waals surface area (Å²) in [6, 6.07) is 5.73. The van der Waals surface area contributed by atoms with Crippen LogP contribution in [0.15, 0.2) is 42.0 Å². The standard InChI is InChI=1S/C23H32Cl2N2O2.C2H6/c1-4-6-17(5-2)23(29)26(3)16-19(18-7-8-21(24)22(25)15-18)9-12-27-13-10-20(28)11-14-27;1-2/h4-8,15,19-20,28H,9-14,16H2,1-3H3;1-2H3/b6-4-,17-5+;. The van der Waals surface area contributed by atoms with Crippen molar-refractivity contribution in [1.82, 2.24) is 9.80 Å². The first-order valence-corrected chi connectivity index (χ1v) is 12.0. The van der Waals surface area contributed by atoms with Crippen molar-refractivity contribution < 1.29 is 9.90 Å². The van der Waals surface area contributed by atoms with E-state index in [1.807, 2.05) is 71.2 Å². The molecule has 0 aromatic heterocycles. The molecule has 1 unspecified atom stereocenters. The maximum Gasteiger partial charge on any atom is 0.253 e. The van der Waals surface area contributed by atoms with Crippen LogP contribution < -0.4 is 0 Å². The van der Waals surface area contributed by atoms with Crippen LogP contribution in [-0.4, -0.2) is 60.1 Å². The average Bonchev–Trinajstić information content (AvgIpc) is 2.78. The molecule has 174 valence electrons. The molecule has 1 aliphatic heterocycles. The van der Waals surface area contributed by atoms with Gasteiger partial charge in [0.25, 0.3) is 5.91 Å². The fraction of sp³-hybridized carbons (Fsp3) is 0.560. The number of amides is 1. The van der Waals surface area contributed by atoms with Gasteiger partial charge in [0, 0.05) is 38.2 Å². The molecule has 1 N–H and O–H groups in total. The van der Waals surface area contributed by atoms with E-state index in [2.05, 4.69) is 4.90 Å². The lowest BCUT2D eigenvalue weighted by Gasteiger charge is -2.32. The van der Waals surface area contributed by atoms with Crippen LogP contribution in [0.3, 0.4) is 0 Å². The number of hydrogen-bond acceptors (Lipinski definition) is 3. The highest BCUT2D eigenvalue weighted by Crippen LogP contribution is 2.29. The number of piperidine rings is 1. The van der Waals surface area contributed by atoms with E-state index in [0.29, 0.717) is 22.2 Å². The fourth-order valence-electron chi connectivity index (χ4n) is 3.72. The Balaban J connectivity index is 0.00000233. The van der Waals surface area contributed by atoms with E-state index >= 15 is 0 Å². The molecule has 1 amide bonds. The number of nitrogens with zero attached hydrogens (tertiary/aromatic N) is 2. The molecule has 4 nitrogen and oxygen atoms in total. The van der Waals surface area contributed by atoms with Gasteiger partial charge in [-0.2, -0.15) is 0 Å². The minimum Gasteiger partial charge on any atom is -0.393 e. The minimum absolute atomic E-state index is 0.0109. The number of aliphatic hydroxyl groups is 1. The van der Waals surface area contributed by atoms with E-state index in [-0.39, 0.29) is 17.9 Å². The molecule has 1 saturated heterocycles. The second kappa shape index (κ2) is 14.7. The van der Waals surface area contributed by atoms with Gasteiger partial charge in [0.2, 0.25) is 0 Å². The molecule has 1 heterocycles. The maximum atomic E-state index is 12.8. The molecular formula is C25H38Cl2N2O2. The zero-order valence-electron chi connectivity index (χ0n) is 19.6. The molecule has 2 rings (SSSR count). The number of likely N-dealkylation sites (tertiary alicyclic amines) is 1. The quantitative estimate of drug-likeness (QED) is 0.379. The van der Waals surface area contributed by atoms with Crippen LogP contribution in [0, 0.1) is 0 Å². The first kappa shape index (κ1) is 27.7. The summed E-state index contributed by atoms with van der Waals surface area (Å²) in [5.41, 5.74) is 1.78. The van der Waals surface area contributed by atoms with E-state index in [0.717, 1.165) is 44.5 Å². The lowest BCUT2D eigenvalue weighted by Crippen LogP contribution is -2.38. The molecule has 1 fully saturated rings. The molecule has 0 bridgehead atoms. The van der Waals surface area contributed by atoms with Crippen molar-refractivity contribution in [2.24, 2.45) is 0 Å². The lowest BCUT2D eigenvalue weighted by atomic mass is 9.94. The van der Waals surface area contributed by atoms with E-state index in [1.165, 1.54) is 0 Å². The van der Waals surface area contributed by atoms with Crippen LogP contribution in [0.4, 0.5) is 0 Å². The zero-order chi connectivity index (χ0) is 23.4. The van der Waals surface area contributed by atoms with E-state index < -0.39 is 0 Å². The van der Waals surface area contributed by atoms with Crippen LogP contribution in [0.5, 0.6) is 0 Å². The third kappa shape index (κ3) is 8.97. The predicted octanol–water partition coefficient (Wildman–Crippen LogP) is 5.93.